The van der Waals surface area contributed by atoms with Crippen LogP contribution in [0.2, 0.25) is 0 Å². The van der Waals surface area contributed by atoms with E-state index < -0.39 is 0 Å². The number of anilines is 1. The Labute approximate surface area is 200 Å². The second-order valence-electron chi connectivity index (χ2n) is 8.27. The van der Waals surface area contributed by atoms with E-state index in [0.29, 0.717) is 0 Å². The molecule has 0 saturated carbocycles. The third-order valence-electron chi connectivity index (χ3n) is 5.84. The van der Waals surface area contributed by atoms with Crippen LogP contribution in [0.15, 0.2) is 48.5 Å². The molecular weight excluding hydrogens is 481 g/mol. The molecule has 0 fully saturated rings. The van der Waals surface area contributed by atoms with Gasteiger partial charge in [0, 0.05) is 0 Å². The van der Waals surface area contributed by atoms with Crippen molar-refractivity contribution in [1.29, 1.82) is 0 Å². The fourth-order valence-corrected chi connectivity index (χ4v) is 7.42. The summed E-state index contributed by atoms with van der Waals surface area (Å²) in [5.41, 5.74) is 3.77. The molecule has 1 aliphatic carbocycles. The second kappa shape index (κ2) is 9.22. The first-order valence-electron chi connectivity index (χ1n) is 10.9. The average Bonchev–Trinajstić information content (AvgIpc) is 3.27. The van der Waals surface area contributed by atoms with Gasteiger partial charge in [0.15, 0.2) is 0 Å². The van der Waals surface area contributed by atoms with Crippen molar-refractivity contribution in [1.82, 2.24) is 9.48 Å². The molecule has 0 N–H and O–H groups in total. The first-order valence-corrected chi connectivity index (χ1v) is 13.4. The van der Waals surface area contributed by atoms with E-state index in [4.69, 9.17) is 0 Å². The normalized spacial score (nSPS) is 11.2. The van der Waals surface area contributed by atoms with Crippen LogP contribution in [0.5, 0.6) is 0 Å². The van der Waals surface area contributed by atoms with E-state index in [9.17, 15) is 4.79 Å². The molecule has 32 heavy (non-hydrogen) atoms. The summed E-state index contributed by atoms with van der Waals surface area (Å²) in [4.78, 5) is 19.0. The third kappa shape index (κ3) is 4.15. The number of nitrogens with zero attached hydrogens (tertiary/aromatic N) is 3. The van der Waals surface area contributed by atoms with E-state index in [-0.39, 0.29) is 20.4 Å². The van der Waals surface area contributed by atoms with Crippen molar-refractivity contribution in [3.05, 3.63) is 58.8 Å². The molecule has 2 heterocycles. The standard InChI is InChI=1S/C26H30N3OSSe/c1-7-29(8-2)26(30)22-14-13-21(31-22)25-19-11-9-17(27(3)4)15-23(19)32-24-16-18(28(5)6)10-12-20(24)25/h9-16H,7-8H2,1-6H3/q+1. The Morgan fingerprint density at radius 3 is 2.41 bits per heavy atom. The molecule has 0 unspecified atom stereocenters. The molecule has 2 aromatic rings. The van der Waals surface area contributed by atoms with Gasteiger partial charge in [0.1, 0.15) is 0 Å². The maximum atomic E-state index is 13.0. The summed E-state index contributed by atoms with van der Waals surface area (Å²) in [5.74, 6) is 0.123. The zero-order valence-electron chi connectivity index (χ0n) is 19.6. The van der Waals surface area contributed by atoms with Crippen LogP contribution < -0.4 is 14.8 Å². The number of rotatable bonds is 5. The number of amides is 1. The van der Waals surface area contributed by atoms with Crippen LogP contribution >= 0.6 is 11.3 Å². The number of hydrogen-bond donors (Lipinski definition) is 0. The van der Waals surface area contributed by atoms with Crippen molar-refractivity contribution in [2.75, 3.05) is 46.2 Å². The van der Waals surface area contributed by atoms with E-state index in [1.54, 1.807) is 11.3 Å². The number of carbonyl (C=O) groups is 1. The zero-order chi connectivity index (χ0) is 23.0. The number of thiophene rings is 1. The molecular formula is C26H30N3OSSe+. The number of benzene rings is 2. The molecule has 0 radical (unpaired) electrons. The summed E-state index contributed by atoms with van der Waals surface area (Å²) in [6.07, 6.45) is 0. The SMILES string of the molecule is CCN(CC)C(=O)c1ccc(-c2c3ccc(=[N+](C)C)cc-3[se]c3cc(N(C)C)ccc23)s1. The van der Waals surface area contributed by atoms with Gasteiger partial charge in [-0.3, -0.25) is 0 Å². The van der Waals surface area contributed by atoms with Crippen molar-refractivity contribution in [2.45, 2.75) is 13.8 Å². The summed E-state index contributed by atoms with van der Waals surface area (Å²) >= 11 is 1.84. The Hall–Kier alpha value is -2.40. The zero-order valence-corrected chi connectivity index (χ0v) is 22.1. The van der Waals surface area contributed by atoms with Crippen LogP contribution in [-0.4, -0.2) is 66.6 Å². The number of fused-ring (bicyclic) bond motifs is 2. The van der Waals surface area contributed by atoms with Gasteiger partial charge in [0.05, 0.1) is 0 Å². The Morgan fingerprint density at radius 1 is 1.00 bits per heavy atom. The third-order valence-corrected chi connectivity index (χ3v) is 9.27. The molecule has 0 spiro atoms. The van der Waals surface area contributed by atoms with Crippen LogP contribution in [0.1, 0.15) is 23.5 Å². The van der Waals surface area contributed by atoms with Crippen molar-refractivity contribution in [3.8, 4) is 20.4 Å². The monoisotopic (exact) mass is 512 g/mol. The van der Waals surface area contributed by atoms with Gasteiger partial charge in [-0.2, -0.15) is 0 Å². The van der Waals surface area contributed by atoms with Gasteiger partial charge in [-0.05, 0) is 0 Å². The molecule has 1 aromatic carbocycles. The van der Waals surface area contributed by atoms with Gasteiger partial charge in [-0.1, -0.05) is 0 Å². The minimum absolute atomic E-state index is 0.123. The maximum absolute atomic E-state index is 13.0. The van der Waals surface area contributed by atoms with Crippen LogP contribution in [0.4, 0.5) is 5.69 Å². The van der Waals surface area contributed by atoms with Crippen LogP contribution in [0.25, 0.3) is 30.1 Å². The van der Waals surface area contributed by atoms with E-state index in [0.717, 1.165) is 22.8 Å². The van der Waals surface area contributed by atoms with Gasteiger partial charge in [-0.15, -0.1) is 0 Å². The Morgan fingerprint density at radius 2 is 1.75 bits per heavy atom. The fraction of sp³-hybridized carbons (Fsp3) is 0.308. The Kier molecular flexibility index (Phi) is 6.57. The molecule has 6 heteroatoms. The van der Waals surface area contributed by atoms with E-state index in [2.05, 4.69) is 80.1 Å². The molecule has 166 valence electrons. The van der Waals surface area contributed by atoms with Gasteiger partial charge in [-0.25, -0.2) is 0 Å². The average molecular weight is 512 g/mol. The summed E-state index contributed by atoms with van der Waals surface area (Å²) in [7, 11) is 8.35. The number of carbonyl (C=O) groups excluding carboxylic acids is 1. The van der Waals surface area contributed by atoms with E-state index >= 15 is 0 Å². The minimum atomic E-state index is 0.123. The van der Waals surface area contributed by atoms with Gasteiger partial charge in [0.25, 0.3) is 0 Å². The van der Waals surface area contributed by atoms with Crippen LogP contribution in [0.3, 0.4) is 0 Å². The van der Waals surface area contributed by atoms with Crippen LogP contribution in [-0.2, 0) is 0 Å². The van der Waals surface area contributed by atoms with Gasteiger partial charge >= 0.3 is 201 Å². The summed E-state index contributed by atoms with van der Waals surface area (Å²) in [6.45, 7) is 5.53. The molecule has 1 aromatic heterocycles. The molecule has 0 saturated heterocycles. The Bertz CT molecular complexity index is 1330. The first-order chi connectivity index (χ1) is 15.3. The quantitative estimate of drug-likeness (QED) is 0.227. The summed E-state index contributed by atoms with van der Waals surface area (Å²) in [5, 5.41) is 2.52. The summed E-state index contributed by atoms with van der Waals surface area (Å²) in [6, 6.07) is 17.7. The molecule has 0 bridgehead atoms. The first kappa shape index (κ1) is 22.8. The van der Waals surface area contributed by atoms with Gasteiger partial charge in [0.2, 0.25) is 0 Å². The molecule has 1 amide bonds. The van der Waals surface area contributed by atoms with Gasteiger partial charge < -0.3 is 0 Å². The molecule has 4 nitrogen and oxygen atoms in total. The molecule has 1 aliphatic heterocycles. The van der Waals surface area contributed by atoms with E-state index in [1.165, 1.54) is 36.3 Å². The summed E-state index contributed by atoms with van der Waals surface area (Å²) < 4.78 is 4.95. The predicted octanol–water partition coefficient (Wildman–Crippen LogP) is 4.31. The van der Waals surface area contributed by atoms with Crippen molar-refractivity contribution < 1.29 is 4.79 Å². The predicted molar refractivity (Wildman–Crippen MR) is 140 cm³/mol. The Balaban J connectivity index is 1.99. The topological polar surface area (TPSA) is 26.6 Å². The van der Waals surface area contributed by atoms with Crippen molar-refractivity contribution >= 4 is 47.1 Å². The molecule has 0 atom stereocenters. The molecule has 4 rings (SSSR count). The van der Waals surface area contributed by atoms with Crippen LogP contribution in [0, 0.1) is 0 Å². The second-order valence-corrected chi connectivity index (χ2v) is 11.6. The number of hydrogen-bond acceptors (Lipinski definition) is 3. The fourth-order valence-electron chi connectivity index (χ4n) is 3.94. The van der Waals surface area contributed by atoms with Crippen molar-refractivity contribution in [3.63, 3.8) is 0 Å². The van der Waals surface area contributed by atoms with Crippen molar-refractivity contribution in [2.24, 2.45) is 0 Å². The van der Waals surface area contributed by atoms with E-state index in [1.807, 2.05) is 24.8 Å². The molecule has 2 aliphatic rings.